The smallest absolute Gasteiger partial charge is 0.236 e. The summed E-state index contributed by atoms with van der Waals surface area (Å²) in [6, 6.07) is 0. The van der Waals surface area contributed by atoms with Crippen LogP contribution in [0.25, 0.3) is 0 Å². The van der Waals surface area contributed by atoms with Crippen LogP contribution in [0.4, 0.5) is 0 Å². The maximum atomic E-state index is 5.92. The lowest BCUT2D eigenvalue weighted by Crippen LogP contribution is -2.46. The molecule has 1 aliphatic rings. The first-order valence-electron chi connectivity index (χ1n) is 5.89. The predicted molar refractivity (Wildman–Crippen MR) is 63.5 cm³/mol. The van der Waals surface area contributed by atoms with E-state index < -0.39 is 0 Å². The molecule has 0 saturated heterocycles. The second kappa shape index (κ2) is 3.44. The van der Waals surface area contributed by atoms with Gasteiger partial charge in [-0.2, -0.15) is 0 Å². The molecule has 0 aliphatic carbocycles. The molecule has 0 radical (unpaired) electrons. The first kappa shape index (κ1) is 11.4. The van der Waals surface area contributed by atoms with Crippen molar-refractivity contribution in [1.82, 2.24) is 9.97 Å². The summed E-state index contributed by atoms with van der Waals surface area (Å²) in [6.07, 6.45) is 4.60. The molecule has 1 aromatic rings. The Morgan fingerprint density at radius 3 is 2.50 bits per heavy atom. The minimum absolute atomic E-state index is 0.0641. The average molecular weight is 220 g/mol. The van der Waals surface area contributed by atoms with Crippen LogP contribution < -0.4 is 4.74 Å². The minimum Gasteiger partial charge on any atom is -0.472 e. The minimum atomic E-state index is -0.0641. The van der Waals surface area contributed by atoms with Crippen molar-refractivity contribution in [2.75, 3.05) is 0 Å². The molecule has 0 fully saturated rings. The van der Waals surface area contributed by atoms with E-state index in [1.807, 2.05) is 0 Å². The molecule has 2 rings (SSSR count). The SMILES string of the molecule is CCC1Oc2nccnc2C1(C)C(C)(C)C. The standard InChI is InChI=1S/C13H20N2O/c1-6-9-13(5,12(2,3)4)10-11(16-9)15-8-7-14-10/h7-9H,6H2,1-5H3. The highest BCUT2D eigenvalue weighted by molar-refractivity contribution is 5.36. The zero-order valence-corrected chi connectivity index (χ0v) is 10.7. The van der Waals surface area contributed by atoms with Gasteiger partial charge in [0.2, 0.25) is 5.88 Å². The molecule has 88 valence electrons. The van der Waals surface area contributed by atoms with Crippen molar-refractivity contribution in [3.8, 4) is 5.88 Å². The van der Waals surface area contributed by atoms with E-state index in [1.165, 1.54) is 0 Å². The third kappa shape index (κ3) is 1.34. The summed E-state index contributed by atoms with van der Waals surface area (Å²) in [5.74, 6) is 0.715. The van der Waals surface area contributed by atoms with Crippen LogP contribution in [-0.4, -0.2) is 16.1 Å². The van der Waals surface area contributed by atoms with Gasteiger partial charge in [-0.05, 0) is 18.8 Å². The number of fused-ring (bicyclic) bond motifs is 1. The Bertz CT molecular complexity index is 397. The molecule has 0 N–H and O–H groups in total. The lowest BCUT2D eigenvalue weighted by molar-refractivity contribution is 0.0674. The molecule has 0 bridgehead atoms. The van der Waals surface area contributed by atoms with Gasteiger partial charge in [-0.15, -0.1) is 0 Å². The molecule has 1 aliphatic heterocycles. The Labute approximate surface area is 97.3 Å². The van der Waals surface area contributed by atoms with Crippen molar-refractivity contribution in [2.45, 2.75) is 52.6 Å². The highest BCUT2D eigenvalue weighted by Crippen LogP contribution is 2.51. The Morgan fingerprint density at radius 1 is 1.31 bits per heavy atom. The number of nitrogens with zero attached hydrogens (tertiary/aromatic N) is 2. The summed E-state index contributed by atoms with van der Waals surface area (Å²) in [7, 11) is 0. The second-order valence-electron chi connectivity index (χ2n) is 5.68. The molecule has 2 heterocycles. The third-order valence-electron chi connectivity index (χ3n) is 3.98. The lowest BCUT2D eigenvalue weighted by atomic mass is 9.63. The average Bonchev–Trinajstić information content (AvgIpc) is 2.53. The van der Waals surface area contributed by atoms with E-state index in [0.29, 0.717) is 5.88 Å². The molecule has 16 heavy (non-hydrogen) atoms. The van der Waals surface area contributed by atoms with Crippen LogP contribution in [-0.2, 0) is 5.41 Å². The summed E-state index contributed by atoms with van der Waals surface area (Å²) in [4.78, 5) is 8.77. The summed E-state index contributed by atoms with van der Waals surface area (Å²) >= 11 is 0. The van der Waals surface area contributed by atoms with E-state index in [0.717, 1.165) is 12.1 Å². The highest BCUT2D eigenvalue weighted by atomic mass is 16.5. The maximum absolute atomic E-state index is 5.92. The first-order chi connectivity index (χ1) is 7.41. The Balaban J connectivity index is 2.58. The van der Waals surface area contributed by atoms with E-state index >= 15 is 0 Å². The monoisotopic (exact) mass is 220 g/mol. The molecule has 2 atom stereocenters. The number of aromatic nitrogens is 2. The lowest BCUT2D eigenvalue weighted by Gasteiger charge is -2.41. The van der Waals surface area contributed by atoms with Crippen LogP contribution >= 0.6 is 0 Å². The molecule has 2 unspecified atom stereocenters. The van der Waals surface area contributed by atoms with Crippen LogP contribution in [0.15, 0.2) is 12.4 Å². The van der Waals surface area contributed by atoms with Crippen LogP contribution in [0, 0.1) is 5.41 Å². The van der Waals surface area contributed by atoms with Crippen molar-refractivity contribution in [3.63, 3.8) is 0 Å². The molecule has 0 saturated carbocycles. The second-order valence-corrected chi connectivity index (χ2v) is 5.68. The summed E-state index contributed by atoms with van der Waals surface area (Å²) in [5.41, 5.74) is 1.05. The Kier molecular flexibility index (Phi) is 2.44. The van der Waals surface area contributed by atoms with Crippen LogP contribution in [0.5, 0.6) is 5.88 Å². The quantitative estimate of drug-likeness (QED) is 0.730. The molecule has 0 aromatic carbocycles. The molecular formula is C13H20N2O. The van der Waals surface area contributed by atoms with Crippen LogP contribution in [0.2, 0.25) is 0 Å². The van der Waals surface area contributed by atoms with Crippen LogP contribution in [0.1, 0.15) is 46.7 Å². The fourth-order valence-corrected chi connectivity index (χ4v) is 2.50. The van der Waals surface area contributed by atoms with E-state index in [-0.39, 0.29) is 16.9 Å². The molecule has 3 nitrogen and oxygen atoms in total. The zero-order valence-electron chi connectivity index (χ0n) is 10.7. The normalized spacial score (nSPS) is 28.7. The van der Waals surface area contributed by atoms with Gasteiger partial charge >= 0.3 is 0 Å². The van der Waals surface area contributed by atoms with Gasteiger partial charge in [0.15, 0.2) is 0 Å². The van der Waals surface area contributed by atoms with Gasteiger partial charge in [0.05, 0.1) is 5.41 Å². The summed E-state index contributed by atoms with van der Waals surface area (Å²) in [6.45, 7) is 11.1. The van der Waals surface area contributed by atoms with Gasteiger partial charge in [0.1, 0.15) is 11.8 Å². The third-order valence-corrected chi connectivity index (χ3v) is 3.98. The topological polar surface area (TPSA) is 35.0 Å². The number of hydrogen-bond donors (Lipinski definition) is 0. The predicted octanol–water partition coefficient (Wildman–Crippen LogP) is 2.95. The van der Waals surface area contributed by atoms with E-state index in [2.05, 4.69) is 44.6 Å². The van der Waals surface area contributed by atoms with Crippen molar-refractivity contribution >= 4 is 0 Å². The van der Waals surface area contributed by atoms with Crippen molar-refractivity contribution in [3.05, 3.63) is 18.1 Å². The summed E-state index contributed by atoms with van der Waals surface area (Å²) < 4.78 is 5.92. The fraction of sp³-hybridized carbons (Fsp3) is 0.692. The molecule has 0 spiro atoms. The summed E-state index contributed by atoms with van der Waals surface area (Å²) in [5, 5.41) is 0. The van der Waals surface area contributed by atoms with E-state index in [9.17, 15) is 0 Å². The van der Waals surface area contributed by atoms with E-state index in [4.69, 9.17) is 4.74 Å². The van der Waals surface area contributed by atoms with Crippen molar-refractivity contribution in [2.24, 2.45) is 5.41 Å². The van der Waals surface area contributed by atoms with Gasteiger partial charge in [0.25, 0.3) is 0 Å². The first-order valence-corrected chi connectivity index (χ1v) is 5.89. The molecule has 1 aromatic heterocycles. The van der Waals surface area contributed by atoms with E-state index in [1.54, 1.807) is 12.4 Å². The Morgan fingerprint density at radius 2 is 1.94 bits per heavy atom. The maximum Gasteiger partial charge on any atom is 0.236 e. The molecule has 3 heteroatoms. The molecule has 0 amide bonds. The van der Waals surface area contributed by atoms with Gasteiger partial charge in [-0.25, -0.2) is 4.98 Å². The van der Waals surface area contributed by atoms with Gasteiger partial charge in [-0.3, -0.25) is 4.98 Å². The number of hydrogen-bond acceptors (Lipinski definition) is 3. The van der Waals surface area contributed by atoms with Crippen LogP contribution in [0.3, 0.4) is 0 Å². The fourth-order valence-electron chi connectivity index (χ4n) is 2.50. The van der Waals surface area contributed by atoms with Gasteiger partial charge < -0.3 is 4.74 Å². The van der Waals surface area contributed by atoms with Gasteiger partial charge in [0, 0.05) is 12.4 Å². The molecular weight excluding hydrogens is 200 g/mol. The highest BCUT2D eigenvalue weighted by Gasteiger charge is 2.53. The van der Waals surface area contributed by atoms with Crippen molar-refractivity contribution in [1.29, 1.82) is 0 Å². The Hall–Kier alpha value is -1.12. The largest absolute Gasteiger partial charge is 0.472 e. The van der Waals surface area contributed by atoms with Gasteiger partial charge in [-0.1, -0.05) is 27.7 Å². The number of rotatable bonds is 1. The zero-order chi connectivity index (χ0) is 12.0. The number of ether oxygens (including phenoxy) is 1. The van der Waals surface area contributed by atoms with Crippen molar-refractivity contribution < 1.29 is 4.74 Å².